The van der Waals surface area contributed by atoms with Gasteiger partial charge in [-0.15, -0.1) is 0 Å². The summed E-state index contributed by atoms with van der Waals surface area (Å²) < 4.78 is 17.6. The molecule has 0 N–H and O–H groups in total. The summed E-state index contributed by atoms with van der Waals surface area (Å²) in [4.78, 5) is 1.44. The van der Waals surface area contributed by atoms with Crippen molar-refractivity contribution in [2.75, 3.05) is 24.7 Å². The zero-order valence-corrected chi connectivity index (χ0v) is 14.1. The van der Waals surface area contributed by atoms with Gasteiger partial charge in [0.25, 0.3) is 0 Å². The van der Waals surface area contributed by atoms with Crippen LogP contribution in [0.25, 0.3) is 0 Å². The van der Waals surface area contributed by atoms with Gasteiger partial charge in [-0.2, -0.15) is 0 Å². The molecule has 0 saturated carbocycles. The largest absolute Gasteiger partial charge is 0.371 e. The van der Waals surface area contributed by atoms with Crippen LogP contribution in [-0.2, 0) is 31.8 Å². The summed E-state index contributed by atoms with van der Waals surface area (Å²) in [6.45, 7) is 8.31. The molecule has 20 heavy (non-hydrogen) atoms. The van der Waals surface area contributed by atoms with E-state index in [-0.39, 0.29) is 16.3 Å². The highest BCUT2D eigenvalue weighted by atomic mass is 32.2. The fourth-order valence-corrected chi connectivity index (χ4v) is 8.46. The third-order valence-electron chi connectivity index (χ3n) is 4.06. The Balaban J connectivity index is 1.87. The number of rotatable bonds is 1. The van der Waals surface area contributed by atoms with Crippen molar-refractivity contribution in [3.05, 3.63) is 29.8 Å². The first kappa shape index (κ1) is 14.6. The van der Waals surface area contributed by atoms with Crippen LogP contribution >= 0.6 is 0 Å². The standard InChI is InChI=1S/C16H23O2S2/c1-16(2,3)12-4-6-13(7-5-12)20-14-8-18-9-15(20)11-19(17)10-14/h4-7,14-15H,8-11H2,1-3H3/q+1. The Bertz CT molecular complexity index is 488. The second kappa shape index (κ2) is 5.47. The summed E-state index contributed by atoms with van der Waals surface area (Å²) in [5.74, 6) is 1.64. The van der Waals surface area contributed by atoms with Crippen molar-refractivity contribution in [2.24, 2.45) is 0 Å². The number of fused-ring (bicyclic) bond motifs is 2. The summed E-state index contributed by atoms with van der Waals surface area (Å²) in [7, 11) is -0.413. The smallest absolute Gasteiger partial charge is 0.158 e. The molecule has 0 aromatic heterocycles. The second-order valence-corrected chi connectivity index (χ2v) is 10.8. The van der Waals surface area contributed by atoms with Crippen molar-refractivity contribution in [2.45, 2.75) is 41.6 Å². The summed E-state index contributed by atoms with van der Waals surface area (Å²) in [5.41, 5.74) is 1.58. The first-order chi connectivity index (χ1) is 9.45. The first-order valence-corrected chi connectivity index (χ1v) is 10.0. The second-order valence-electron chi connectivity index (χ2n) is 6.70. The lowest BCUT2D eigenvalue weighted by Crippen LogP contribution is -2.53. The lowest BCUT2D eigenvalue weighted by atomic mass is 9.87. The van der Waals surface area contributed by atoms with Gasteiger partial charge in [0.1, 0.15) is 0 Å². The molecule has 0 spiro atoms. The molecular formula is C16H23O2S2+. The van der Waals surface area contributed by atoms with Gasteiger partial charge in [-0.05, 0) is 23.1 Å². The van der Waals surface area contributed by atoms with Crippen molar-refractivity contribution in [3.63, 3.8) is 0 Å². The van der Waals surface area contributed by atoms with Gasteiger partial charge < -0.3 is 4.74 Å². The third-order valence-corrected chi connectivity index (χ3v) is 8.89. The average Bonchev–Trinajstić information content (AvgIpc) is 2.37. The van der Waals surface area contributed by atoms with Gasteiger partial charge in [0.2, 0.25) is 0 Å². The third kappa shape index (κ3) is 2.83. The van der Waals surface area contributed by atoms with E-state index in [0.717, 1.165) is 24.7 Å². The maximum atomic E-state index is 11.9. The molecule has 1 aromatic rings. The molecule has 2 saturated heterocycles. The van der Waals surface area contributed by atoms with Crippen LogP contribution in [0.4, 0.5) is 0 Å². The highest BCUT2D eigenvalue weighted by Gasteiger charge is 2.49. The fraction of sp³-hybridized carbons (Fsp3) is 0.625. The number of ether oxygens (including phenoxy) is 1. The summed E-state index contributed by atoms with van der Waals surface area (Å²) >= 11 is 0. The number of hydrogen-bond donors (Lipinski definition) is 0. The molecule has 3 rings (SSSR count). The molecule has 2 atom stereocenters. The minimum atomic E-state index is -0.635. The van der Waals surface area contributed by atoms with Crippen molar-refractivity contribution in [1.82, 2.24) is 0 Å². The molecule has 0 radical (unpaired) electrons. The monoisotopic (exact) mass is 311 g/mol. The van der Waals surface area contributed by atoms with E-state index in [1.54, 1.807) is 0 Å². The van der Waals surface area contributed by atoms with Crippen molar-refractivity contribution >= 4 is 21.7 Å². The van der Waals surface area contributed by atoms with Crippen LogP contribution in [0.1, 0.15) is 26.3 Å². The van der Waals surface area contributed by atoms with Gasteiger partial charge >= 0.3 is 0 Å². The Morgan fingerprint density at radius 2 is 1.65 bits per heavy atom. The molecule has 2 unspecified atom stereocenters. The van der Waals surface area contributed by atoms with Crippen LogP contribution in [0.15, 0.2) is 29.2 Å². The summed E-state index contributed by atoms with van der Waals surface area (Å²) in [6, 6.07) is 9.13. The zero-order valence-electron chi connectivity index (χ0n) is 12.4. The van der Waals surface area contributed by atoms with Crippen LogP contribution in [0, 0.1) is 0 Å². The van der Waals surface area contributed by atoms with E-state index in [9.17, 15) is 4.21 Å². The zero-order chi connectivity index (χ0) is 14.3. The fourth-order valence-electron chi connectivity index (χ4n) is 2.97. The van der Waals surface area contributed by atoms with E-state index in [1.807, 2.05) is 0 Å². The van der Waals surface area contributed by atoms with E-state index in [2.05, 4.69) is 45.0 Å². The first-order valence-electron chi connectivity index (χ1n) is 7.20. The molecule has 2 heterocycles. The highest BCUT2D eigenvalue weighted by Crippen LogP contribution is 2.33. The number of hydrogen-bond acceptors (Lipinski definition) is 2. The Kier molecular flexibility index (Phi) is 3.99. The van der Waals surface area contributed by atoms with E-state index in [4.69, 9.17) is 4.74 Å². The molecule has 1 aromatic carbocycles. The SMILES string of the molecule is CC(C)(C)c1ccc([S+]2C3COCC2CS(=O)C3)cc1. The Morgan fingerprint density at radius 3 is 2.15 bits per heavy atom. The Morgan fingerprint density at radius 1 is 1.10 bits per heavy atom. The predicted molar refractivity (Wildman–Crippen MR) is 87.0 cm³/mol. The molecule has 2 bridgehead atoms. The molecule has 2 aliphatic heterocycles. The molecule has 4 heteroatoms. The molecule has 2 nitrogen and oxygen atoms in total. The maximum Gasteiger partial charge on any atom is 0.158 e. The van der Waals surface area contributed by atoms with E-state index >= 15 is 0 Å². The van der Waals surface area contributed by atoms with Crippen LogP contribution < -0.4 is 0 Å². The highest BCUT2D eigenvalue weighted by molar-refractivity contribution is 8.01. The van der Waals surface area contributed by atoms with Crippen LogP contribution in [0.5, 0.6) is 0 Å². The minimum Gasteiger partial charge on any atom is -0.371 e. The van der Waals surface area contributed by atoms with E-state index < -0.39 is 10.8 Å². The topological polar surface area (TPSA) is 26.3 Å². The van der Waals surface area contributed by atoms with Crippen molar-refractivity contribution in [3.8, 4) is 0 Å². The van der Waals surface area contributed by atoms with Crippen molar-refractivity contribution in [1.29, 1.82) is 0 Å². The summed E-state index contributed by atoms with van der Waals surface area (Å²) in [5, 5.41) is 0.924. The van der Waals surface area contributed by atoms with E-state index in [1.165, 1.54) is 10.5 Å². The molecule has 2 fully saturated rings. The van der Waals surface area contributed by atoms with Crippen LogP contribution in [0.2, 0.25) is 0 Å². The van der Waals surface area contributed by atoms with Gasteiger partial charge in [-0.1, -0.05) is 32.9 Å². The Hall–Kier alpha value is -0.320. The lowest BCUT2D eigenvalue weighted by Gasteiger charge is -2.34. The average molecular weight is 311 g/mol. The van der Waals surface area contributed by atoms with E-state index in [0.29, 0.717) is 10.5 Å². The van der Waals surface area contributed by atoms with Gasteiger partial charge in [0, 0.05) is 21.7 Å². The Labute approximate surface area is 127 Å². The van der Waals surface area contributed by atoms with Crippen LogP contribution in [-0.4, -0.2) is 39.4 Å². The lowest BCUT2D eigenvalue weighted by molar-refractivity contribution is 0.129. The van der Waals surface area contributed by atoms with Gasteiger partial charge in [-0.3, -0.25) is 4.21 Å². The van der Waals surface area contributed by atoms with Gasteiger partial charge in [0.15, 0.2) is 15.4 Å². The quantitative estimate of drug-likeness (QED) is 0.745. The predicted octanol–water partition coefficient (Wildman–Crippen LogP) is 2.49. The summed E-state index contributed by atoms with van der Waals surface area (Å²) in [6.07, 6.45) is 0. The molecule has 0 amide bonds. The molecule has 2 aliphatic rings. The van der Waals surface area contributed by atoms with Crippen molar-refractivity contribution < 1.29 is 8.95 Å². The maximum absolute atomic E-state index is 11.9. The van der Waals surface area contributed by atoms with Crippen LogP contribution in [0.3, 0.4) is 0 Å². The molecular weight excluding hydrogens is 288 g/mol. The molecule has 0 aliphatic carbocycles. The van der Waals surface area contributed by atoms with Gasteiger partial charge in [0.05, 0.1) is 24.7 Å². The van der Waals surface area contributed by atoms with Gasteiger partial charge in [-0.25, -0.2) is 0 Å². The molecule has 110 valence electrons. The minimum absolute atomic E-state index is 0.203. The number of benzene rings is 1. The normalized spacial score (nSPS) is 34.0.